The molecule has 1 saturated carbocycles. The van der Waals surface area contributed by atoms with E-state index in [1.807, 2.05) is 43.3 Å². The van der Waals surface area contributed by atoms with Gasteiger partial charge in [0.05, 0.1) is 11.6 Å². The summed E-state index contributed by atoms with van der Waals surface area (Å²) in [6, 6.07) is 11.3. The van der Waals surface area contributed by atoms with Crippen molar-refractivity contribution in [3.05, 3.63) is 64.8 Å². The second-order valence-corrected chi connectivity index (χ2v) is 8.16. The van der Waals surface area contributed by atoms with Crippen molar-refractivity contribution in [2.24, 2.45) is 17.3 Å². The Morgan fingerprint density at radius 3 is 2.59 bits per heavy atom. The van der Waals surface area contributed by atoms with Crippen molar-refractivity contribution < 1.29 is 22.7 Å². The largest absolute Gasteiger partial charge is 0.461 e. The van der Waals surface area contributed by atoms with Crippen molar-refractivity contribution in [1.29, 1.82) is 0 Å². The highest BCUT2D eigenvalue weighted by atomic mass is 35.5. The quantitative estimate of drug-likeness (QED) is 0.549. The van der Waals surface area contributed by atoms with E-state index in [2.05, 4.69) is 4.98 Å². The van der Waals surface area contributed by atoms with Gasteiger partial charge in [-0.2, -0.15) is 13.2 Å². The van der Waals surface area contributed by atoms with E-state index in [-0.39, 0.29) is 6.61 Å². The standard InChI is InChI=1S/C22H21ClF3NO2/c1-13-14(7-6-8-15(13)17-9-4-5-10-27-17)12-29-20(28)19-16(21(19,2)3)11-18(23)22(24,25)26/h4-11,16,19H,12H2,1-3H3/t16-,19-/m1/s1. The molecule has 1 heterocycles. The fourth-order valence-corrected chi connectivity index (χ4v) is 3.70. The van der Waals surface area contributed by atoms with Crippen LogP contribution in [0.4, 0.5) is 13.2 Å². The molecule has 2 atom stereocenters. The van der Waals surface area contributed by atoms with E-state index in [9.17, 15) is 18.0 Å². The Morgan fingerprint density at radius 1 is 1.24 bits per heavy atom. The summed E-state index contributed by atoms with van der Waals surface area (Å²) in [5.41, 5.74) is 2.87. The highest BCUT2D eigenvalue weighted by Gasteiger charge is 2.62. The van der Waals surface area contributed by atoms with Crippen LogP contribution in [0.15, 0.2) is 53.7 Å². The summed E-state index contributed by atoms with van der Waals surface area (Å²) in [5.74, 6) is -1.78. The maximum Gasteiger partial charge on any atom is 0.426 e. The number of esters is 1. The first kappa shape index (κ1) is 21.4. The Kier molecular flexibility index (Phi) is 5.77. The minimum atomic E-state index is -4.61. The summed E-state index contributed by atoms with van der Waals surface area (Å²) in [6.45, 7) is 5.42. The van der Waals surface area contributed by atoms with E-state index >= 15 is 0 Å². The van der Waals surface area contributed by atoms with Crippen LogP contribution in [0, 0.1) is 24.2 Å². The topological polar surface area (TPSA) is 39.2 Å². The van der Waals surface area contributed by atoms with Crippen LogP contribution >= 0.6 is 11.6 Å². The second-order valence-electron chi connectivity index (χ2n) is 7.75. The molecule has 0 amide bonds. The molecule has 0 aliphatic heterocycles. The molecule has 1 aliphatic carbocycles. The van der Waals surface area contributed by atoms with Crippen molar-refractivity contribution >= 4 is 17.6 Å². The normalized spacial score (nSPS) is 21.0. The lowest BCUT2D eigenvalue weighted by atomic mass is 10.00. The number of allylic oxidation sites excluding steroid dienone is 2. The van der Waals surface area contributed by atoms with Gasteiger partial charge in [0.2, 0.25) is 0 Å². The molecule has 154 valence electrons. The maximum atomic E-state index is 12.7. The lowest BCUT2D eigenvalue weighted by Crippen LogP contribution is -2.11. The Hall–Kier alpha value is -2.34. The lowest BCUT2D eigenvalue weighted by Gasteiger charge is -2.12. The molecule has 3 nitrogen and oxygen atoms in total. The van der Waals surface area contributed by atoms with Crippen LogP contribution in [0.1, 0.15) is 25.0 Å². The van der Waals surface area contributed by atoms with Gasteiger partial charge in [-0.25, -0.2) is 0 Å². The number of rotatable bonds is 5. The summed E-state index contributed by atoms with van der Waals surface area (Å²) in [6.07, 6.45) is -1.99. The molecule has 1 aromatic heterocycles. The van der Waals surface area contributed by atoms with Gasteiger partial charge in [0.15, 0.2) is 0 Å². The van der Waals surface area contributed by atoms with Crippen molar-refractivity contribution in [2.75, 3.05) is 0 Å². The van der Waals surface area contributed by atoms with E-state index in [0.29, 0.717) is 0 Å². The van der Waals surface area contributed by atoms with Gasteiger partial charge >= 0.3 is 12.1 Å². The van der Waals surface area contributed by atoms with E-state index in [4.69, 9.17) is 16.3 Å². The van der Waals surface area contributed by atoms with Crippen molar-refractivity contribution in [3.63, 3.8) is 0 Å². The molecular weight excluding hydrogens is 403 g/mol. The monoisotopic (exact) mass is 423 g/mol. The number of halogens is 4. The van der Waals surface area contributed by atoms with Gasteiger partial charge in [0, 0.05) is 11.8 Å². The number of alkyl halides is 3. The van der Waals surface area contributed by atoms with E-state index in [0.717, 1.165) is 28.5 Å². The molecule has 2 aromatic rings. The lowest BCUT2D eigenvalue weighted by molar-refractivity contribution is -0.147. The van der Waals surface area contributed by atoms with Gasteiger partial charge in [0.25, 0.3) is 0 Å². The van der Waals surface area contributed by atoms with Crippen molar-refractivity contribution in [3.8, 4) is 11.3 Å². The number of aromatic nitrogens is 1. The maximum absolute atomic E-state index is 12.7. The summed E-state index contributed by atoms with van der Waals surface area (Å²) < 4.78 is 43.5. The van der Waals surface area contributed by atoms with Crippen LogP contribution in [-0.4, -0.2) is 17.1 Å². The molecular formula is C22H21ClF3NO2. The van der Waals surface area contributed by atoms with Gasteiger partial charge in [-0.3, -0.25) is 9.78 Å². The SMILES string of the molecule is Cc1c(COC(=O)[C@H]2[C@@H](C=C(Cl)C(F)(F)F)C2(C)C)cccc1-c1ccccn1. The minimum Gasteiger partial charge on any atom is -0.461 e. The van der Waals surface area contributed by atoms with Crippen molar-refractivity contribution in [2.45, 2.75) is 33.6 Å². The highest BCUT2D eigenvalue weighted by Crippen LogP contribution is 2.60. The summed E-state index contributed by atoms with van der Waals surface area (Å²) in [4.78, 5) is 16.9. The Morgan fingerprint density at radius 2 is 1.97 bits per heavy atom. The zero-order valence-corrected chi connectivity index (χ0v) is 17.0. The zero-order chi connectivity index (χ0) is 21.4. The molecule has 0 saturated heterocycles. The average Bonchev–Trinajstić information content (AvgIpc) is 3.20. The van der Waals surface area contributed by atoms with Gasteiger partial charge < -0.3 is 4.74 Å². The first-order chi connectivity index (χ1) is 13.5. The smallest absolute Gasteiger partial charge is 0.426 e. The fourth-order valence-electron chi connectivity index (χ4n) is 3.57. The summed E-state index contributed by atoms with van der Waals surface area (Å²) >= 11 is 5.34. The van der Waals surface area contributed by atoms with Gasteiger partial charge in [0.1, 0.15) is 11.6 Å². The first-order valence-electron chi connectivity index (χ1n) is 9.14. The number of carbonyl (C=O) groups is 1. The van der Waals surface area contributed by atoms with Gasteiger partial charge in [-0.15, -0.1) is 0 Å². The average molecular weight is 424 g/mol. The fraction of sp³-hybridized carbons (Fsp3) is 0.364. The van der Waals surface area contributed by atoms with Crippen LogP contribution in [0.2, 0.25) is 0 Å². The molecule has 1 aliphatic rings. The molecule has 3 rings (SSSR count). The van der Waals surface area contributed by atoms with E-state index < -0.39 is 34.4 Å². The van der Waals surface area contributed by atoms with Crippen molar-refractivity contribution in [1.82, 2.24) is 4.98 Å². The molecule has 0 radical (unpaired) electrons. The number of nitrogens with zero attached hydrogens (tertiary/aromatic N) is 1. The number of hydrogen-bond acceptors (Lipinski definition) is 3. The molecule has 1 fully saturated rings. The first-order valence-corrected chi connectivity index (χ1v) is 9.52. The molecule has 0 unspecified atom stereocenters. The van der Waals surface area contributed by atoms with Crippen LogP contribution in [0.3, 0.4) is 0 Å². The van der Waals surface area contributed by atoms with Crippen LogP contribution in [-0.2, 0) is 16.1 Å². The Bertz CT molecular complexity index is 939. The number of carbonyl (C=O) groups excluding carboxylic acids is 1. The van der Waals surface area contributed by atoms with Gasteiger partial charge in [-0.05, 0) is 41.5 Å². The molecule has 0 N–H and O–H groups in total. The van der Waals surface area contributed by atoms with Crippen LogP contribution in [0.25, 0.3) is 11.3 Å². The summed E-state index contributed by atoms with van der Waals surface area (Å²) in [5, 5.41) is -1.20. The van der Waals surface area contributed by atoms with Gasteiger partial charge in [-0.1, -0.05) is 55.8 Å². The third-order valence-electron chi connectivity index (χ3n) is 5.52. The number of hydrogen-bond donors (Lipinski definition) is 0. The number of pyridine rings is 1. The van der Waals surface area contributed by atoms with E-state index in [1.54, 1.807) is 20.0 Å². The highest BCUT2D eigenvalue weighted by molar-refractivity contribution is 6.30. The number of benzene rings is 1. The zero-order valence-electron chi connectivity index (χ0n) is 16.3. The Balaban J connectivity index is 1.70. The van der Waals surface area contributed by atoms with Crippen LogP contribution < -0.4 is 0 Å². The minimum absolute atomic E-state index is 0.0430. The third kappa shape index (κ3) is 4.47. The second kappa shape index (κ2) is 7.82. The molecule has 29 heavy (non-hydrogen) atoms. The predicted molar refractivity (Wildman–Crippen MR) is 105 cm³/mol. The third-order valence-corrected chi connectivity index (χ3v) is 5.86. The molecule has 7 heteroatoms. The Labute approximate surface area is 172 Å². The molecule has 1 aromatic carbocycles. The number of ether oxygens (including phenoxy) is 1. The molecule has 0 bridgehead atoms. The summed E-state index contributed by atoms with van der Waals surface area (Å²) in [7, 11) is 0. The molecule has 0 spiro atoms. The van der Waals surface area contributed by atoms with E-state index in [1.165, 1.54) is 0 Å². The predicted octanol–water partition coefficient (Wildman–Crippen LogP) is 6.06. The van der Waals surface area contributed by atoms with Crippen LogP contribution in [0.5, 0.6) is 0 Å².